The lowest BCUT2D eigenvalue weighted by Gasteiger charge is -2.23. The lowest BCUT2D eigenvalue weighted by molar-refractivity contribution is -0.147. The van der Waals surface area contributed by atoms with Crippen LogP contribution in [0.5, 0.6) is 0 Å². The largest absolute Gasteiger partial charge is 0.466 e. The van der Waals surface area contributed by atoms with Gasteiger partial charge in [-0.05, 0) is 38.3 Å². The van der Waals surface area contributed by atoms with Crippen LogP contribution in [0.15, 0.2) is 40.3 Å². The van der Waals surface area contributed by atoms with Crippen LogP contribution < -0.4 is 0 Å². The number of rotatable bonds is 8. The summed E-state index contributed by atoms with van der Waals surface area (Å²) in [6, 6.07) is 5.65. The molecule has 0 aromatic heterocycles. The lowest BCUT2D eigenvalue weighted by atomic mass is 10.2. The van der Waals surface area contributed by atoms with Gasteiger partial charge in [-0.15, -0.1) is 0 Å². The first-order valence-electron chi connectivity index (χ1n) is 10.2. The molecule has 0 unspecified atom stereocenters. The Labute approximate surface area is 191 Å². The number of esters is 2. The van der Waals surface area contributed by atoms with Gasteiger partial charge in [0.15, 0.2) is 0 Å². The maximum absolute atomic E-state index is 13.0. The molecule has 0 aliphatic carbocycles. The Bertz CT molecular complexity index is 1010. The summed E-state index contributed by atoms with van der Waals surface area (Å²) in [4.78, 5) is 37.7. The maximum atomic E-state index is 13.0. The van der Waals surface area contributed by atoms with Crippen LogP contribution in [0.2, 0.25) is 0 Å². The fourth-order valence-corrected chi connectivity index (χ4v) is 6.13. The van der Waals surface area contributed by atoms with Gasteiger partial charge in [-0.3, -0.25) is 9.59 Å². The third-order valence-corrected chi connectivity index (χ3v) is 8.17. The van der Waals surface area contributed by atoms with Gasteiger partial charge in [0.25, 0.3) is 0 Å². The summed E-state index contributed by atoms with van der Waals surface area (Å²) in [6.07, 6.45) is 2.59. The Balaban J connectivity index is 1.55. The molecule has 0 saturated carbocycles. The average molecular weight is 483 g/mol. The first kappa shape index (κ1) is 24.3. The predicted octanol–water partition coefficient (Wildman–Crippen LogP) is 1.67. The second kappa shape index (κ2) is 10.5. The molecule has 2 aliphatic heterocycles. The van der Waals surface area contributed by atoms with Crippen molar-refractivity contribution >= 4 is 39.6 Å². The van der Waals surface area contributed by atoms with Crippen molar-refractivity contribution in [3.05, 3.63) is 40.9 Å². The van der Waals surface area contributed by atoms with E-state index in [1.54, 1.807) is 12.1 Å². The molecule has 0 bridgehead atoms. The highest BCUT2D eigenvalue weighted by Gasteiger charge is 2.40. The van der Waals surface area contributed by atoms with E-state index in [1.807, 2.05) is 6.92 Å². The van der Waals surface area contributed by atoms with Crippen LogP contribution >= 0.6 is 11.8 Å². The highest BCUT2D eigenvalue weighted by Crippen LogP contribution is 2.29. The molecule has 2 fully saturated rings. The Hall–Kier alpha value is -2.37. The van der Waals surface area contributed by atoms with Crippen LogP contribution in [-0.4, -0.2) is 74.1 Å². The molecule has 2 heterocycles. The summed E-state index contributed by atoms with van der Waals surface area (Å²) in [6.45, 7) is 2.44. The number of sulfonamides is 1. The van der Waals surface area contributed by atoms with Crippen molar-refractivity contribution in [3.8, 4) is 0 Å². The van der Waals surface area contributed by atoms with Crippen molar-refractivity contribution in [2.45, 2.75) is 37.1 Å². The molecule has 2 saturated heterocycles. The Morgan fingerprint density at radius 3 is 2.66 bits per heavy atom. The van der Waals surface area contributed by atoms with Crippen LogP contribution in [0, 0.1) is 6.92 Å². The molecule has 9 nitrogen and oxygen atoms in total. The van der Waals surface area contributed by atoms with Crippen LogP contribution in [0.4, 0.5) is 0 Å². The van der Waals surface area contributed by atoms with Gasteiger partial charge in [0.2, 0.25) is 15.9 Å². The summed E-state index contributed by atoms with van der Waals surface area (Å²) in [5.41, 5.74) is 0.945. The molecule has 1 amide bonds. The van der Waals surface area contributed by atoms with E-state index in [0.717, 1.165) is 5.56 Å². The fourth-order valence-electron chi connectivity index (χ4n) is 3.53. The quantitative estimate of drug-likeness (QED) is 0.313. The lowest BCUT2D eigenvalue weighted by Crippen LogP contribution is -2.41. The molecular formula is C21H26N2O7S2. The normalized spacial score (nSPS) is 20.7. The summed E-state index contributed by atoms with van der Waals surface area (Å²) >= 11 is 1.24. The number of carbonyl (C=O) groups is 3. The zero-order valence-corrected chi connectivity index (χ0v) is 19.6. The van der Waals surface area contributed by atoms with E-state index in [2.05, 4.69) is 4.74 Å². The number of ether oxygens (including phenoxy) is 2. The number of nitrogens with zero attached hydrogens (tertiary/aromatic N) is 2. The minimum absolute atomic E-state index is 0.0354. The Morgan fingerprint density at radius 2 is 1.97 bits per heavy atom. The van der Waals surface area contributed by atoms with Crippen LogP contribution in [0.25, 0.3) is 0 Å². The molecule has 3 rings (SSSR count). The summed E-state index contributed by atoms with van der Waals surface area (Å²) in [5, 5.41) is 0.499. The first-order chi connectivity index (χ1) is 15.2. The molecule has 0 N–H and O–H groups in total. The number of aryl methyl sites for hydroxylation is 1. The maximum Gasteiger partial charge on any atom is 0.333 e. The molecule has 0 spiro atoms. The molecule has 32 heavy (non-hydrogen) atoms. The molecule has 0 radical (unpaired) electrons. The minimum atomic E-state index is -3.80. The van der Waals surface area contributed by atoms with Crippen LogP contribution in [0.3, 0.4) is 0 Å². The van der Waals surface area contributed by atoms with E-state index >= 15 is 0 Å². The average Bonchev–Trinajstić information content (AvgIpc) is 3.39. The highest BCUT2D eigenvalue weighted by molar-refractivity contribution is 8.04. The number of hydrogen-bond acceptors (Lipinski definition) is 8. The van der Waals surface area contributed by atoms with E-state index in [4.69, 9.17) is 4.74 Å². The topological polar surface area (TPSA) is 110 Å². The van der Waals surface area contributed by atoms with E-state index in [9.17, 15) is 22.8 Å². The zero-order chi connectivity index (χ0) is 23.3. The van der Waals surface area contributed by atoms with Gasteiger partial charge in [0.05, 0.1) is 35.5 Å². The van der Waals surface area contributed by atoms with E-state index in [-0.39, 0.29) is 36.3 Å². The Kier molecular flexibility index (Phi) is 7.96. The third kappa shape index (κ3) is 5.51. The van der Waals surface area contributed by atoms with Gasteiger partial charge in [0.1, 0.15) is 6.04 Å². The number of thioether (sulfide) groups is 1. The molecule has 174 valence electrons. The number of amides is 1. The van der Waals surface area contributed by atoms with Crippen LogP contribution in [-0.2, 0) is 33.9 Å². The molecule has 2 aliphatic rings. The fraction of sp³-hybridized carbons (Fsp3) is 0.476. The van der Waals surface area contributed by atoms with Crippen molar-refractivity contribution in [3.63, 3.8) is 0 Å². The molecule has 1 aromatic rings. The second-order valence-electron chi connectivity index (χ2n) is 7.45. The highest BCUT2D eigenvalue weighted by atomic mass is 32.2. The zero-order valence-electron chi connectivity index (χ0n) is 18.0. The van der Waals surface area contributed by atoms with E-state index in [1.165, 1.54) is 46.3 Å². The van der Waals surface area contributed by atoms with Crippen molar-refractivity contribution in [2.24, 2.45) is 0 Å². The molecule has 1 aromatic carbocycles. The summed E-state index contributed by atoms with van der Waals surface area (Å²) < 4.78 is 37.1. The second-order valence-corrected chi connectivity index (χ2v) is 10.3. The van der Waals surface area contributed by atoms with Crippen molar-refractivity contribution < 1.29 is 32.3 Å². The van der Waals surface area contributed by atoms with Gasteiger partial charge < -0.3 is 14.4 Å². The standard InChI is InChI=1S/C21H26N2O7S2/c1-15-6-8-16(9-7-15)32(27,28)23-11-3-5-17(23)21(26)30-12-4-10-22-18(24)14-31-19(22)13-20(25)29-2/h6-9,13,17H,3-5,10-12,14H2,1-2H3/b19-13+/t17-/m0/s1. The van der Waals surface area contributed by atoms with Crippen molar-refractivity contribution in [2.75, 3.05) is 32.6 Å². The van der Waals surface area contributed by atoms with E-state index in [0.29, 0.717) is 24.3 Å². The molecular weight excluding hydrogens is 456 g/mol. The smallest absolute Gasteiger partial charge is 0.333 e. The number of carbonyl (C=O) groups excluding carboxylic acids is 3. The summed E-state index contributed by atoms with van der Waals surface area (Å²) in [5.74, 6) is -1.04. The summed E-state index contributed by atoms with van der Waals surface area (Å²) in [7, 11) is -2.54. The van der Waals surface area contributed by atoms with Gasteiger partial charge in [-0.25, -0.2) is 13.2 Å². The minimum Gasteiger partial charge on any atom is -0.466 e. The van der Waals surface area contributed by atoms with Gasteiger partial charge in [0, 0.05) is 13.1 Å². The van der Waals surface area contributed by atoms with Crippen LogP contribution in [0.1, 0.15) is 24.8 Å². The monoisotopic (exact) mass is 482 g/mol. The van der Waals surface area contributed by atoms with Gasteiger partial charge in [-0.1, -0.05) is 29.5 Å². The first-order valence-corrected chi connectivity index (χ1v) is 12.6. The molecule has 1 atom stereocenters. The Morgan fingerprint density at radius 1 is 1.25 bits per heavy atom. The van der Waals surface area contributed by atoms with Gasteiger partial charge >= 0.3 is 11.9 Å². The predicted molar refractivity (Wildman–Crippen MR) is 118 cm³/mol. The van der Waals surface area contributed by atoms with Gasteiger partial charge in [-0.2, -0.15) is 4.31 Å². The number of hydrogen-bond donors (Lipinski definition) is 0. The van der Waals surface area contributed by atoms with Crippen molar-refractivity contribution in [1.82, 2.24) is 9.21 Å². The number of benzene rings is 1. The number of methoxy groups -OCH3 is 1. The van der Waals surface area contributed by atoms with E-state index < -0.39 is 28.0 Å². The van der Waals surface area contributed by atoms with Crippen molar-refractivity contribution in [1.29, 1.82) is 0 Å². The molecule has 11 heteroatoms. The third-order valence-electron chi connectivity index (χ3n) is 5.23. The SMILES string of the molecule is COC(=O)/C=C1/SCC(=O)N1CCCOC(=O)[C@@H]1CCCN1S(=O)(=O)c1ccc(C)cc1.